The average molecular weight is 358 g/mol. The topological polar surface area (TPSA) is 107 Å². The second kappa shape index (κ2) is 7.22. The number of hydrogen-bond donors (Lipinski definition) is 1. The van der Waals surface area contributed by atoms with Gasteiger partial charge in [0.15, 0.2) is 12.4 Å². The molecule has 0 aromatic carbocycles. The molecule has 9 heteroatoms. The summed E-state index contributed by atoms with van der Waals surface area (Å²) in [6.07, 6.45) is 1.65. The van der Waals surface area contributed by atoms with Gasteiger partial charge in [0.2, 0.25) is 0 Å². The summed E-state index contributed by atoms with van der Waals surface area (Å²) in [4.78, 5) is 32.8. The number of pyridine rings is 1. The largest absolute Gasteiger partial charge is 0.451 e. The molecule has 0 radical (unpaired) electrons. The van der Waals surface area contributed by atoms with Gasteiger partial charge in [-0.3, -0.25) is 9.78 Å². The van der Waals surface area contributed by atoms with Crippen molar-refractivity contribution >= 4 is 29.0 Å². The van der Waals surface area contributed by atoms with E-state index in [-0.39, 0.29) is 5.82 Å². The molecule has 0 fully saturated rings. The lowest BCUT2D eigenvalue weighted by Gasteiger charge is -2.03. The molecule has 3 aromatic heterocycles. The number of carbonyl (C=O) groups excluding carboxylic acids is 2. The lowest BCUT2D eigenvalue weighted by Crippen LogP contribution is -2.21. The van der Waals surface area contributed by atoms with Gasteiger partial charge in [0.05, 0.1) is 11.4 Å². The number of hydrogen-bond acceptors (Lipinski definition) is 8. The van der Waals surface area contributed by atoms with Crippen molar-refractivity contribution in [3.05, 3.63) is 46.8 Å². The molecule has 1 amide bonds. The molecule has 1 N–H and O–H groups in total. The molecule has 0 atom stereocenters. The van der Waals surface area contributed by atoms with Crippen LogP contribution in [0, 0.1) is 13.8 Å². The predicted octanol–water partition coefficient (Wildman–Crippen LogP) is 2.61. The zero-order valence-corrected chi connectivity index (χ0v) is 14.3. The fourth-order valence-corrected chi connectivity index (χ4v) is 2.92. The Hall–Kier alpha value is -3.07. The first-order chi connectivity index (χ1) is 12.0. The molecule has 0 bridgehead atoms. The molecule has 8 nitrogen and oxygen atoms in total. The summed E-state index contributed by atoms with van der Waals surface area (Å²) >= 11 is 1.17. The minimum atomic E-state index is -0.608. The number of nitrogens with zero attached hydrogens (tertiary/aromatic N) is 3. The molecular weight excluding hydrogens is 344 g/mol. The summed E-state index contributed by atoms with van der Waals surface area (Å²) in [5.74, 6) is -0.281. The highest BCUT2D eigenvalue weighted by Gasteiger charge is 2.19. The van der Waals surface area contributed by atoms with Crippen molar-refractivity contribution in [1.29, 1.82) is 0 Å². The highest BCUT2D eigenvalue weighted by atomic mass is 32.1. The van der Waals surface area contributed by atoms with E-state index in [1.54, 1.807) is 38.2 Å². The van der Waals surface area contributed by atoms with Crippen LogP contribution >= 0.6 is 11.3 Å². The standard InChI is InChI=1S/C16H14N4O4S/c1-9-7-12(20-24-9)19-13(21)8-23-16(22)14-10(2)18-15(25-14)11-5-3-4-6-17-11/h3-7H,8H2,1-2H3,(H,19,20,21). The Morgan fingerprint density at radius 3 is 2.84 bits per heavy atom. The van der Waals surface area contributed by atoms with Gasteiger partial charge in [-0.25, -0.2) is 9.78 Å². The van der Waals surface area contributed by atoms with Crippen molar-refractivity contribution in [2.24, 2.45) is 0 Å². The van der Waals surface area contributed by atoms with Gasteiger partial charge in [0.25, 0.3) is 5.91 Å². The number of aryl methyl sites for hydroxylation is 2. The highest BCUT2D eigenvalue weighted by Crippen LogP contribution is 2.26. The Morgan fingerprint density at radius 2 is 2.16 bits per heavy atom. The second-order valence-corrected chi connectivity index (χ2v) is 6.09. The van der Waals surface area contributed by atoms with Crippen LogP contribution < -0.4 is 5.32 Å². The highest BCUT2D eigenvalue weighted by molar-refractivity contribution is 7.17. The fraction of sp³-hybridized carbons (Fsp3) is 0.188. The van der Waals surface area contributed by atoms with Crippen LogP contribution in [0.25, 0.3) is 10.7 Å². The van der Waals surface area contributed by atoms with Gasteiger partial charge in [-0.1, -0.05) is 11.2 Å². The SMILES string of the molecule is Cc1cc(NC(=O)COC(=O)c2sc(-c3ccccn3)nc2C)no1. The van der Waals surface area contributed by atoms with Gasteiger partial charge in [0.1, 0.15) is 15.6 Å². The summed E-state index contributed by atoms with van der Waals surface area (Å²) in [6.45, 7) is 2.98. The lowest BCUT2D eigenvalue weighted by molar-refractivity contribution is -0.119. The van der Waals surface area contributed by atoms with E-state index in [9.17, 15) is 9.59 Å². The summed E-state index contributed by atoms with van der Waals surface area (Å²) in [7, 11) is 0. The molecule has 3 aromatic rings. The van der Waals surface area contributed by atoms with Crippen molar-refractivity contribution in [3.63, 3.8) is 0 Å². The zero-order valence-electron chi connectivity index (χ0n) is 13.5. The molecule has 3 heterocycles. The monoisotopic (exact) mass is 358 g/mol. The van der Waals surface area contributed by atoms with Gasteiger partial charge in [0, 0.05) is 12.3 Å². The Bertz CT molecular complexity index is 904. The van der Waals surface area contributed by atoms with Gasteiger partial charge in [-0.05, 0) is 26.0 Å². The first-order valence-corrected chi connectivity index (χ1v) is 8.13. The molecule has 3 rings (SSSR count). The smallest absolute Gasteiger partial charge is 0.350 e. The van der Waals surface area contributed by atoms with E-state index >= 15 is 0 Å². The first-order valence-electron chi connectivity index (χ1n) is 7.32. The van der Waals surface area contributed by atoms with Gasteiger partial charge >= 0.3 is 5.97 Å². The third-order valence-corrected chi connectivity index (χ3v) is 4.26. The number of rotatable bonds is 5. The summed E-state index contributed by atoms with van der Waals surface area (Å²) in [5, 5.41) is 6.72. The van der Waals surface area contributed by atoms with E-state index in [0.717, 1.165) is 0 Å². The Labute approximate surface area is 146 Å². The van der Waals surface area contributed by atoms with Crippen LogP contribution in [0.4, 0.5) is 5.82 Å². The molecule has 0 aliphatic rings. The Morgan fingerprint density at radius 1 is 1.32 bits per heavy atom. The van der Waals surface area contributed by atoms with Crippen LogP contribution in [0.15, 0.2) is 35.0 Å². The molecule has 0 unspecified atom stereocenters. The van der Waals surface area contributed by atoms with Gasteiger partial charge in [-0.15, -0.1) is 11.3 Å². The molecule has 25 heavy (non-hydrogen) atoms. The number of anilines is 1. The Balaban J connectivity index is 1.61. The minimum absolute atomic E-state index is 0.268. The third kappa shape index (κ3) is 4.07. The van der Waals surface area contributed by atoms with E-state index in [0.29, 0.717) is 27.0 Å². The minimum Gasteiger partial charge on any atom is -0.451 e. The van der Waals surface area contributed by atoms with Crippen LogP contribution in [0.1, 0.15) is 21.1 Å². The molecule has 0 aliphatic heterocycles. The van der Waals surface area contributed by atoms with Crippen molar-refractivity contribution < 1.29 is 18.8 Å². The van der Waals surface area contributed by atoms with Crippen LogP contribution in [-0.2, 0) is 9.53 Å². The van der Waals surface area contributed by atoms with Crippen LogP contribution in [-0.4, -0.2) is 33.6 Å². The zero-order chi connectivity index (χ0) is 17.8. The van der Waals surface area contributed by atoms with Crippen molar-refractivity contribution in [2.75, 3.05) is 11.9 Å². The predicted molar refractivity (Wildman–Crippen MR) is 90.2 cm³/mol. The summed E-state index contributed by atoms with van der Waals surface area (Å²) in [5.41, 5.74) is 1.21. The van der Waals surface area contributed by atoms with E-state index in [1.807, 2.05) is 6.07 Å². The van der Waals surface area contributed by atoms with Crippen LogP contribution in [0.3, 0.4) is 0 Å². The van der Waals surface area contributed by atoms with Gasteiger partial charge in [-0.2, -0.15) is 0 Å². The first kappa shape index (κ1) is 16.8. The molecule has 128 valence electrons. The van der Waals surface area contributed by atoms with E-state index in [4.69, 9.17) is 9.26 Å². The number of aromatic nitrogens is 3. The number of ether oxygens (including phenoxy) is 1. The number of nitrogens with one attached hydrogen (secondary N) is 1. The molecular formula is C16H14N4O4S. The van der Waals surface area contributed by atoms with Crippen molar-refractivity contribution in [2.45, 2.75) is 13.8 Å². The maximum Gasteiger partial charge on any atom is 0.350 e. The summed E-state index contributed by atoms with van der Waals surface area (Å²) in [6, 6.07) is 7.01. The third-order valence-electron chi connectivity index (χ3n) is 3.10. The van der Waals surface area contributed by atoms with Gasteiger partial charge < -0.3 is 14.6 Å². The fourth-order valence-electron chi connectivity index (χ4n) is 1.99. The quantitative estimate of drug-likeness (QED) is 0.699. The number of carbonyl (C=O) groups is 2. The molecule has 0 saturated carbocycles. The summed E-state index contributed by atoms with van der Waals surface area (Å²) < 4.78 is 9.88. The molecule has 0 saturated heterocycles. The van der Waals surface area contributed by atoms with Crippen LogP contribution in [0.5, 0.6) is 0 Å². The van der Waals surface area contributed by atoms with E-state index in [2.05, 4.69) is 20.4 Å². The normalized spacial score (nSPS) is 10.5. The second-order valence-electron chi connectivity index (χ2n) is 5.10. The molecule has 0 aliphatic carbocycles. The lowest BCUT2D eigenvalue weighted by atomic mass is 10.3. The van der Waals surface area contributed by atoms with Crippen LogP contribution in [0.2, 0.25) is 0 Å². The molecule has 0 spiro atoms. The average Bonchev–Trinajstić information content (AvgIpc) is 3.19. The maximum absolute atomic E-state index is 12.2. The number of esters is 1. The number of thiazole rings is 1. The maximum atomic E-state index is 12.2. The van der Waals surface area contributed by atoms with Crippen molar-refractivity contribution in [3.8, 4) is 10.7 Å². The van der Waals surface area contributed by atoms with E-state index in [1.165, 1.54) is 11.3 Å². The van der Waals surface area contributed by atoms with Crippen molar-refractivity contribution in [1.82, 2.24) is 15.1 Å². The Kier molecular flexibility index (Phi) is 4.85. The number of amides is 1. The van der Waals surface area contributed by atoms with E-state index < -0.39 is 18.5 Å².